The molecule has 2 heterocycles. The second-order valence-electron chi connectivity index (χ2n) is 5.68. The molecule has 0 aliphatic heterocycles. The van der Waals surface area contributed by atoms with Crippen molar-refractivity contribution in [3.8, 4) is 0 Å². The van der Waals surface area contributed by atoms with Crippen molar-refractivity contribution in [1.82, 2.24) is 30.0 Å². The van der Waals surface area contributed by atoms with Crippen molar-refractivity contribution in [2.45, 2.75) is 19.6 Å². The number of aliphatic imine (C=N–C) groups is 1. The van der Waals surface area contributed by atoms with Gasteiger partial charge in [-0.25, -0.2) is 4.98 Å². The number of halogens is 1. The van der Waals surface area contributed by atoms with E-state index in [9.17, 15) is 0 Å². The Morgan fingerprint density at radius 1 is 1.08 bits per heavy atom. The number of nitrogens with one attached hydrogen (secondary N) is 2. The summed E-state index contributed by atoms with van der Waals surface area (Å²) in [6.07, 6.45) is 5.61. The molecule has 2 aromatic heterocycles. The van der Waals surface area contributed by atoms with E-state index in [-0.39, 0.29) is 24.0 Å². The summed E-state index contributed by atoms with van der Waals surface area (Å²) in [6, 6.07) is 12.3. The topological polar surface area (TPSA) is 72.1 Å². The molecule has 26 heavy (non-hydrogen) atoms. The Labute approximate surface area is 170 Å². The predicted molar refractivity (Wildman–Crippen MR) is 113 cm³/mol. The molecule has 2 N–H and O–H groups in total. The van der Waals surface area contributed by atoms with Crippen LogP contribution in [0.4, 0.5) is 0 Å². The van der Waals surface area contributed by atoms with Gasteiger partial charge in [-0.1, -0.05) is 30.3 Å². The molecule has 0 spiro atoms. The number of aromatic nitrogens is 4. The quantitative estimate of drug-likeness (QED) is 0.333. The fourth-order valence-electron chi connectivity index (χ4n) is 2.56. The van der Waals surface area contributed by atoms with Crippen LogP contribution in [0.2, 0.25) is 0 Å². The van der Waals surface area contributed by atoms with E-state index in [0.717, 1.165) is 24.0 Å². The average molecular weight is 465 g/mol. The molecule has 8 heteroatoms. The molecule has 0 aliphatic carbocycles. The maximum atomic E-state index is 4.45. The number of nitrogens with zero attached hydrogens (tertiary/aromatic N) is 5. The lowest BCUT2D eigenvalue weighted by atomic mass is 10.2. The highest BCUT2D eigenvalue weighted by Gasteiger charge is 2.06. The van der Waals surface area contributed by atoms with Crippen LogP contribution in [-0.4, -0.2) is 32.3 Å². The first-order chi connectivity index (χ1) is 12.3. The van der Waals surface area contributed by atoms with Gasteiger partial charge in [-0.2, -0.15) is 5.10 Å². The van der Waals surface area contributed by atoms with Gasteiger partial charge in [0.15, 0.2) is 5.96 Å². The third-order valence-corrected chi connectivity index (χ3v) is 3.99. The van der Waals surface area contributed by atoms with Gasteiger partial charge >= 0.3 is 0 Å². The minimum atomic E-state index is 0. The van der Waals surface area contributed by atoms with E-state index >= 15 is 0 Å². The molecule has 1 aromatic carbocycles. The Morgan fingerprint density at radius 2 is 1.85 bits per heavy atom. The van der Waals surface area contributed by atoms with Crippen molar-refractivity contribution in [1.29, 1.82) is 0 Å². The molecule has 0 bridgehead atoms. The summed E-state index contributed by atoms with van der Waals surface area (Å²) >= 11 is 0. The molecule has 3 rings (SSSR count). The van der Waals surface area contributed by atoms with Crippen LogP contribution in [0.15, 0.2) is 60.0 Å². The molecule has 0 atom stereocenters. The third-order valence-electron chi connectivity index (χ3n) is 3.99. The van der Waals surface area contributed by atoms with Gasteiger partial charge in [0.2, 0.25) is 0 Å². The Bertz CT molecular complexity index is 823. The Morgan fingerprint density at radius 3 is 2.54 bits per heavy atom. The van der Waals surface area contributed by atoms with Gasteiger partial charge in [0, 0.05) is 39.2 Å². The minimum Gasteiger partial charge on any atom is -0.351 e. The highest BCUT2D eigenvalue weighted by atomic mass is 127. The van der Waals surface area contributed by atoms with Crippen molar-refractivity contribution >= 4 is 29.9 Å². The number of aryl methyl sites for hydroxylation is 1. The van der Waals surface area contributed by atoms with E-state index < -0.39 is 0 Å². The lowest BCUT2D eigenvalue weighted by Crippen LogP contribution is -2.37. The third kappa shape index (κ3) is 5.32. The number of hydrogen-bond acceptors (Lipinski definition) is 3. The molecule has 0 fully saturated rings. The Balaban J connectivity index is 0.00000243. The molecule has 0 saturated heterocycles. The van der Waals surface area contributed by atoms with Gasteiger partial charge in [-0.3, -0.25) is 9.67 Å². The van der Waals surface area contributed by atoms with Crippen molar-refractivity contribution in [3.05, 3.63) is 72.1 Å². The maximum absolute atomic E-state index is 4.45. The van der Waals surface area contributed by atoms with Crippen LogP contribution in [0.1, 0.15) is 17.1 Å². The summed E-state index contributed by atoms with van der Waals surface area (Å²) in [5.41, 5.74) is 2.34. The van der Waals surface area contributed by atoms with Crippen molar-refractivity contribution < 1.29 is 0 Å². The molecular weight excluding hydrogens is 441 g/mol. The Hall–Kier alpha value is -2.36. The zero-order valence-corrected chi connectivity index (χ0v) is 17.3. The Kier molecular flexibility index (Phi) is 7.64. The average Bonchev–Trinajstić information content (AvgIpc) is 3.25. The SMILES string of the molecule is CN=C(NCc1nccn1Cc1ccccc1)NCc1ccnn1C.I. The van der Waals surface area contributed by atoms with Crippen LogP contribution < -0.4 is 10.6 Å². The van der Waals surface area contributed by atoms with Crippen LogP contribution in [0.25, 0.3) is 0 Å². The number of guanidine groups is 1. The van der Waals surface area contributed by atoms with E-state index in [1.54, 1.807) is 13.2 Å². The van der Waals surface area contributed by atoms with E-state index in [1.165, 1.54) is 5.56 Å². The first kappa shape index (κ1) is 20.0. The summed E-state index contributed by atoms with van der Waals surface area (Å²) in [4.78, 5) is 8.70. The number of rotatable bonds is 6. The van der Waals surface area contributed by atoms with Crippen LogP contribution in [0.3, 0.4) is 0 Å². The molecule has 0 unspecified atom stereocenters. The largest absolute Gasteiger partial charge is 0.351 e. The molecule has 0 saturated carbocycles. The monoisotopic (exact) mass is 465 g/mol. The highest BCUT2D eigenvalue weighted by molar-refractivity contribution is 14.0. The molecular formula is C18H24IN7. The summed E-state index contributed by atoms with van der Waals surface area (Å²) in [7, 11) is 3.68. The second-order valence-corrected chi connectivity index (χ2v) is 5.68. The van der Waals surface area contributed by atoms with Crippen molar-refractivity contribution in [3.63, 3.8) is 0 Å². The number of hydrogen-bond donors (Lipinski definition) is 2. The first-order valence-electron chi connectivity index (χ1n) is 8.21. The number of benzene rings is 1. The van der Waals surface area contributed by atoms with Gasteiger partial charge < -0.3 is 15.2 Å². The minimum absolute atomic E-state index is 0. The van der Waals surface area contributed by atoms with E-state index in [4.69, 9.17) is 0 Å². The van der Waals surface area contributed by atoms with Gasteiger partial charge in [0.1, 0.15) is 5.82 Å². The molecule has 7 nitrogen and oxygen atoms in total. The van der Waals surface area contributed by atoms with Gasteiger partial charge in [0.25, 0.3) is 0 Å². The van der Waals surface area contributed by atoms with Crippen molar-refractivity contribution in [2.75, 3.05) is 7.05 Å². The predicted octanol–water partition coefficient (Wildman–Crippen LogP) is 2.15. The van der Waals surface area contributed by atoms with Crippen molar-refractivity contribution in [2.24, 2.45) is 12.0 Å². The van der Waals surface area contributed by atoms with Gasteiger partial charge in [0.05, 0.1) is 18.8 Å². The maximum Gasteiger partial charge on any atom is 0.191 e. The first-order valence-corrected chi connectivity index (χ1v) is 8.21. The lowest BCUT2D eigenvalue weighted by Gasteiger charge is -2.13. The summed E-state index contributed by atoms with van der Waals surface area (Å²) in [5.74, 6) is 1.70. The van der Waals surface area contributed by atoms with Gasteiger partial charge in [-0.15, -0.1) is 24.0 Å². The molecule has 0 radical (unpaired) electrons. The van der Waals surface area contributed by atoms with Gasteiger partial charge in [-0.05, 0) is 11.6 Å². The molecule has 0 amide bonds. The molecule has 138 valence electrons. The lowest BCUT2D eigenvalue weighted by molar-refractivity contribution is 0.668. The smallest absolute Gasteiger partial charge is 0.191 e. The fourth-order valence-corrected chi connectivity index (χ4v) is 2.56. The summed E-state index contributed by atoms with van der Waals surface area (Å²) in [6.45, 7) is 2.07. The zero-order chi connectivity index (χ0) is 17.5. The standard InChI is InChI=1S/C18H23N7.HI/c1-19-18(21-12-16-8-9-23-24(16)2)22-13-17-20-10-11-25(17)14-15-6-4-3-5-7-15;/h3-11H,12-14H2,1-2H3,(H2,19,21,22);1H. The van der Waals surface area contributed by atoms with Crippen LogP contribution in [0.5, 0.6) is 0 Å². The van der Waals surface area contributed by atoms with Crippen LogP contribution in [-0.2, 0) is 26.7 Å². The number of imidazole rings is 1. The van der Waals surface area contributed by atoms with Crippen LogP contribution >= 0.6 is 24.0 Å². The van der Waals surface area contributed by atoms with E-state index in [1.807, 2.05) is 48.4 Å². The summed E-state index contributed by atoms with van der Waals surface area (Å²) < 4.78 is 3.98. The fraction of sp³-hybridized carbons (Fsp3) is 0.278. The van der Waals surface area contributed by atoms with E-state index in [0.29, 0.717) is 13.1 Å². The van der Waals surface area contributed by atoms with E-state index in [2.05, 4.69) is 42.4 Å². The zero-order valence-electron chi connectivity index (χ0n) is 15.0. The van der Waals surface area contributed by atoms with Crippen LogP contribution in [0, 0.1) is 0 Å². The second kappa shape index (κ2) is 9.95. The normalized spacial score (nSPS) is 11.1. The molecule has 3 aromatic rings. The summed E-state index contributed by atoms with van der Waals surface area (Å²) in [5, 5.41) is 10.8. The molecule has 0 aliphatic rings. The highest BCUT2D eigenvalue weighted by Crippen LogP contribution is 2.05.